The van der Waals surface area contributed by atoms with Gasteiger partial charge in [-0.2, -0.15) is 5.10 Å². The van der Waals surface area contributed by atoms with Crippen molar-refractivity contribution in [3.8, 4) is 0 Å². The number of amides is 1. The van der Waals surface area contributed by atoms with E-state index < -0.39 is 0 Å². The monoisotopic (exact) mass is 387 g/mol. The lowest BCUT2D eigenvalue weighted by Crippen LogP contribution is -2.14. The predicted octanol–water partition coefficient (Wildman–Crippen LogP) is 5.42. The third-order valence-electron chi connectivity index (χ3n) is 4.19. The van der Waals surface area contributed by atoms with Crippen molar-refractivity contribution < 1.29 is 4.79 Å². The van der Waals surface area contributed by atoms with Gasteiger partial charge in [-0.1, -0.05) is 59.1 Å². The molecule has 26 heavy (non-hydrogen) atoms. The smallest absolute Gasteiger partial charge is 0.260 e. The maximum Gasteiger partial charge on any atom is 0.260 e. The Morgan fingerprint density at radius 1 is 1.08 bits per heavy atom. The van der Waals surface area contributed by atoms with Crippen molar-refractivity contribution in [2.45, 2.75) is 27.3 Å². The van der Waals surface area contributed by atoms with Crippen molar-refractivity contribution >= 4 is 34.8 Å². The van der Waals surface area contributed by atoms with Crippen LogP contribution < -0.4 is 5.32 Å². The molecule has 0 unspecified atom stereocenters. The maximum atomic E-state index is 12.7. The number of anilines is 1. The molecule has 2 aromatic carbocycles. The molecule has 0 saturated heterocycles. The molecular weight excluding hydrogens is 369 g/mol. The summed E-state index contributed by atoms with van der Waals surface area (Å²) in [7, 11) is 0. The molecule has 0 fully saturated rings. The number of hydrogen-bond acceptors (Lipinski definition) is 2. The molecule has 1 N–H and O–H groups in total. The minimum atomic E-state index is -0.298. The van der Waals surface area contributed by atoms with Gasteiger partial charge in [-0.25, -0.2) is 4.68 Å². The second-order valence-electron chi connectivity index (χ2n) is 6.31. The Morgan fingerprint density at radius 3 is 2.46 bits per heavy atom. The number of carbonyl (C=O) groups excluding carboxylic acids is 1. The number of nitrogens with one attached hydrogen (secondary N) is 1. The Labute approximate surface area is 162 Å². The molecule has 134 valence electrons. The fourth-order valence-corrected chi connectivity index (χ4v) is 3.19. The molecule has 0 spiro atoms. The molecule has 1 aromatic heterocycles. The minimum absolute atomic E-state index is 0.298. The van der Waals surface area contributed by atoms with Gasteiger partial charge < -0.3 is 5.32 Å². The Kier molecular flexibility index (Phi) is 5.35. The van der Waals surface area contributed by atoms with Crippen LogP contribution in [-0.2, 0) is 6.54 Å². The first-order valence-corrected chi connectivity index (χ1v) is 8.96. The zero-order valence-corrected chi connectivity index (χ0v) is 16.3. The minimum Gasteiger partial charge on any atom is -0.322 e. The van der Waals surface area contributed by atoms with E-state index in [0.717, 1.165) is 11.1 Å². The SMILES string of the molecule is Cc1ccc(Cn2nc(C)c(C(=O)Nc3cc(Cl)ccc3C)c2Cl)cc1. The van der Waals surface area contributed by atoms with E-state index >= 15 is 0 Å². The summed E-state index contributed by atoms with van der Waals surface area (Å²) in [5.74, 6) is -0.298. The molecule has 3 aromatic rings. The molecule has 0 radical (unpaired) electrons. The van der Waals surface area contributed by atoms with Crippen LogP contribution in [0, 0.1) is 20.8 Å². The fourth-order valence-electron chi connectivity index (χ4n) is 2.70. The predicted molar refractivity (Wildman–Crippen MR) is 106 cm³/mol. The van der Waals surface area contributed by atoms with Crippen molar-refractivity contribution in [2.75, 3.05) is 5.32 Å². The molecule has 4 nitrogen and oxygen atoms in total. The van der Waals surface area contributed by atoms with E-state index in [0.29, 0.717) is 33.7 Å². The van der Waals surface area contributed by atoms with Gasteiger partial charge in [-0.3, -0.25) is 4.79 Å². The van der Waals surface area contributed by atoms with E-state index in [2.05, 4.69) is 10.4 Å². The third kappa shape index (κ3) is 3.92. The number of carbonyl (C=O) groups is 1. The van der Waals surface area contributed by atoms with Gasteiger partial charge in [0, 0.05) is 10.7 Å². The van der Waals surface area contributed by atoms with Crippen molar-refractivity contribution in [3.05, 3.63) is 80.6 Å². The Hall–Kier alpha value is -2.30. The summed E-state index contributed by atoms with van der Waals surface area (Å²) in [4.78, 5) is 12.7. The van der Waals surface area contributed by atoms with Crippen LogP contribution >= 0.6 is 23.2 Å². The lowest BCUT2D eigenvalue weighted by Gasteiger charge is -2.09. The summed E-state index contributed by atoms with van der Waals surface area (Å²) < 4.78 is 1.64. The Balaban J connectivity index is 1.86. The van der Waals surface area contributed by atoms with Gasteiger partial charge in [0.15, 0.2) is 0 Å². The lowest BCUT2D eigenvalue weighted by molar-refractivity contribution is 0.102. The first-order chi connectivity index (χ1) is 12.3. The van der Waals surface area contributed by atoms with Crippen LogP contribution in [0.25, 0.3) is 0 Å². The molecular formula is C20H19Cl2N3O. The van der Waals surface area contributed by atoms with E-state index in [-0.39, 0.29) is 5.91 Å². The molecule has 1 amide bonds. The molecule has 0 aliphatic carbocycles. The van der Waals surface area contributed by atoms with Crippen molar-refractivity contribution in [2.24, 2.45) is 0 Å². The van der Waals surface area contributed by atoms with Gasteiger partial charge in [0.1, 0.15) is 5.15 Å². The highest BCUT2D eigenvalue weighted by molar-refractivity contribution is 6.34. The van der Waals surface area contributed by atoms with Crippen LogP contribution in [-0.4, -0.2) is 15.7 Å². The van der Waals surface area contributed by atoms with Crippen LogP contribution in [0.15, 0.2) is 42.5 Å². The topological polar surface area (TPSA) is 46.9 Å². The van der Waals surface area contributed by atoms with Crippen LogP contribution in [0.1, 0.15) is 32.7 Å². The molecule has 6 heteroatoms. The number of benzene rings is 2. The number of halogens is 2. The molecule has 0 atom stereocenters. The van der Waals surface area contributed by atoms with Crippen LogP contribution in [0.5, 0.6) is 0 Å². The van der Waals surface area contributed by atoms with E-state index in [1.54, 1.807) is 23.7 Å². The summed E-state index contributed by atoms with van der Waals surface area (Å²) in [6.45, 7) is 6.22. The Morgan fingerprint density at radius 2 is 1.77 bits per heavy atom. The summed E-state index contributed by atoms with van der Waals surface area (Å²) in [6, 6.07) is 13.5. The average Bonchev–Trinajstić information content (AvgIpc) is 2.87. The van der Waals surface area contributed by atoms with E-state index in [4.69, 9.17) is 23.2 Å². The number of nitrogens with zero attached hydrogens (tertiary/aromatic N) is 2. The summed E-state index contributed by atoms with van der Waals surface area (Å²) in [5.41, 5.74) is 4.79. The number of aryl methyl sites for hydroxylation is 3. The number of aromatic nitrogens is 2. The van der Waals surface area contributed by atoms with Crippen molar-refractivity contribution in [1.29, 1.82) is 0 Å². The van der Waals surface area contributed by atoms with Crippen molar-refractivity contribution in [1.82, 2.24) is 9.78 Å². The molecule has 1 heterocycles. The van der Waals surface area contributed by atoms with Gasteiger partial charge in [-0.15, -0.1) is 0 Å². The Bertz CT molecular complexity index is 962. The van der Waals surface area contributed by atoms with E-state index in [1.165, 1.54) is 5.56 Å². The van der Waals surface area contributed by atoms with Gasteiger partial charge in [-0.05, 0) is 44.0 Å². The van der Waals surface area contributed by atoms with Gasteiger partial charge in [0.25, 0.3) is 5.91 Å². The first-order valence-electron chi connectivity index (χ1n) is 8.21. The largest absolute Gasteiger partial charge is 0.322 e. The van der Waals surface area contributed by atoms with Gasteiger partial charge >= 0.3 is 0 Å². The van der Waals surface area contributed by atoms with Crippen LogP contribution in [0.3, 0.4) is 0 Å². The second-order valence-corrected chi connectivity index (χ2v) is 7.10. The standard InChI is InChI=1S/C20H19Cl2N3O/c1-12-4-7-15(8-5-12)11-25-19(22)18(14(3)24-25)20(26)23-17-10-16(21)9-6-13(17)2/h4-10H,11H2,1-3H3,(H,23,26). The molecule has 0 saturated carbocycles. The second kappa shape index (κ2) is 7.52. The molecule has 0 aliphatic rings. The zero-order chi connectivity index (χ0) is 18.8. The number of rotatable bonds is 4. The third-order valence-corrected chi connectivity index (χ3v) is 4.81. The van der Waals surface area contributed by atoms with Crippen molar-refractivity contribution in [3.63, 3.8) is 0 Å². The van der Waals surface area contributed by atoms with Crippen LogP contribution in [0.4, 0.5) is 5.69 Å². The summed E-state index contributed by atoms with van der Waals surface area (Å²) in [6.07, 6.45) is 0. The fraction of sp³-hybridized carbons (Fsp3) is 0.200. The van der Waals surface area contributed by atoms with Gasteiger partial charge in [0.2, 0.25) is 0 Å². The van der Waals surface area contributed by atoms with Gasteiger partial charge in [0.05, 0.1) is 17.8 Å². The molecule has 3 rings (SSSR count). The van der Waals surface area contributed by atoms with E-state index in [9.17, 15) is 4.79 Å². The first kappa shape index (κ1) is 18.5. The number of hydrogen-bond donors (Lipinski definition) is 1. The summed E-state index contributed by atoms with van der Waals surface area (Å²) in [5, 5.41) is 8.18. The maximum absolute atomic E-state index is 12.7. The molecule has 0 aliphatic heterocycles. The molecule has 0 bridgehead atoms. The summed E-state index contributed by atoms with van der Waals surface area (Å²) >= 11 is 12.5. The quantitative estimate of drug-likeness (QED) is 0.649. The average molecular weight is 388 g/mol. The lowest BCUT2D eigenvalue weighted by atomic mass is 10.1. The zero-order valence-electron chi connectivity index (χ0n) is 14.8. The highest BCUT2D eigenvalue weighted by Crippen LogP contribution is 2.25. The van der Waals surface area contributed by atoms with E-state index in [1.807, 2.05) is 44.2 Å². The normalized spacial score (nSPS) is 10.8. The van der Waals surface area contributed by atoms with Crippen LogP contribution in [0.2, 0.25) is 10.2 Å². The highest BCUT2D eigenvalue weighted by Gasteiger charge is 2.21. The highest BCUT2D eigenvalue weighted by atomic mass is 35.5.